The Hall–Kier alpha value is -3.98. The molecule has 0 saturated carbocycles. The van der Waals surface area contributed by atoms with Gasteiger partial charge >= 0.3 is 18.0 Å². The number of aromatic amines is 1. The van der Waals surface area contributed by atoms with E-state index < -0.39 is 46.7 Å². The van der Waals surface area contributed by atoms with E-state index in [-0.39, 0.29) is 36.5 Å². The van der Waals surface area contributed by atoms with Crippen LogP contribution in [0.3, 0.4) is 0 Å². The number of halogens is 6. The number of benzene rings is 1. The first-order valence-electron chi connectivity index (χ1n) is 11.5. The summed E-state index contributed by atoms with van der Waals surface area (Å²) in [6.45, 7) is 3.91. The lowest BCUT2D eigenvalue weighted by molar-refractivity contribution is -0.141. The Labute approximate surface area is 209 Å². The molecular weight excluding hydrogens is 522 g/mol. The highest BCUT2D eigenvalue weighted by Gasteiger charge is 2.37. The number of aromatic nitrogens is 8. The summed E-state index contributed by atoms with van der Waals surface area (Å²) in [5.41, 5.74) is -3.71. The number of fused-ring (bicyclic) bond motifs is 1. The zero-order valence-electron chi connectivity index (χ0n) is 20.2. The molecule has 38 heavy (non-hydrogen) atoms. The molecule has 4 rings (SSSR count). The summed E-state index contributed by atoms with van der Waals surface area (Å²) in [5.74, 6) is 0.263. The fourth-order valence-corrected chi connectivity index (χ4v) is 4.08. The van der Waals surface area contributed by atoms with Crippen LogP contribution in [0.4, 0.5) is 26.3 Å². The topological polar surface area (TPSA) is 116 Å². The van der Waals surface area contributed by atoms with Gasteiger partial charge in [0.1, 0.15) is 11.3 Å². The van der Waals surface area contributed by atoms with Crippen LogP contribution in [-0.4, -0.2) is 39.3 Å². The van der Waals surface area contributed by atoms with Gasteiger partial charge in [-0.25, -0.2) is 9.78 Å². The Morgan fingerprint density at radius 1 is 0.974 bits per heavy atom. The van der Waals surface area contributed by atoms with Crippen molar-refractivity contribution in [1.29, 1.82) is 0 Å². The van der Waals surface area contributed by atoms with Gasteiger partial charge in [0.05, 0.1) is 17.7 Å². The summed E-state index contributed by atoms with van der Waals surface area (Å²) in [6, 6.07) is 1.17. The molecule has 0 atom stereocenters. The van der Waals surface area contributed by atoms with Crippen molar-refractivity contribution >= 4 is 11.2 Å². The number of hydrogen-bond donors (Lipinski definition) is 1. The van der Waals surface area contributed by atoms with Gasteiger partial charge in [0, 0.05) is 19.5 Å². The molecule has 0 spiro atoms. The van der Waals surface area contributed by atoms with Gasteiger partial charge in [0.15, 0.2) is 11.5 Å². The van der Waals surface area contributed by atoms with Gasteiger partial charge in [-0.05, 0) is 48.7 Å². The lowest BCUT2D eigenvalue weighted by Crippen LogP contribution is -2.40. The van der Waals surface area contributed by atoms with E-state index in [0.29, 0.717) is 37.0 Å². The van der Waals surface area contributed by atoms with E-state index in [0.717, 1.165) is 9.36 Å². The first-order chi connectivity index (χ1) is 17.8. The maximum atomic E-state index is 13.3. The van der Waals surface area contributed by atoms with E-state index in [2.05, 4.69) is 25.4 Å². The predicted octanol–water partition coefficient (Wildman–Crippen LogP) is 3.31. The van der Waals surface area contributed by atoms with Gasteiger partial charge in [-0.1, -0.05) is 6.92 Å². The third kappa shape index (κ3) is 5.47. The van der Waals surface area contributed by atoms with Gasteiger partial charge in [0.2, 0.25) is 0 Å². The first kappa shape index (κ1) is 27.1. The van der Waals surface area contributed by atoms with E-state index >= 15 is 0 Å². The van der Waals surface area contributed by atoms with Crippen LogP contribution in [-0.2, 0) is 38.4 Å². The molecule has 0 unspecified atom stereocenters. The van der Waals surface area contributed by atoms with Crippen molar-refractivity contribution in [1.82, 2.24) is 39.3 Å². The molecule has 204 valence electrons. The summed E-state index contributed by atoms with van der Waals surface area (Å²) in [6.07, 6.45) is -9.51. The molecule has 16 heteroatoms. The van der Waals surface area contributed by atoms with Crippen molar-refractivity contribution in [2.45, 2.75) is 65.1 Å². The van der Waals surface area contributed by atoms with E-state index in [4.69, 9.17) is 0 Å². The zero-order chi connectivity index (χ0) is 27.8. The normalized spacial score (nSPS) is 12.5. The van der Waals surface area contributed by atoms with Gasteiger partial charge in [0.25, 0.3) is 5.56 Å². The monoisotopic (exact) mass is 544 g/mol. The molecule has 4 aromatic rings. The smallest absolute Gasteiger partial charge is 0.336 e. The Morgan fingerprint density at radius 3 is 2.37 bits per heavy atom. The molecule has 3 heterocycles. The quantitative estimate of drug-likeness (QED) is 0.341. The minimum atomic E-state index is -4.87. The minimum Gasteiger partial charge on any atom is -0.336 e. The van der Waals surface area contributed by atoms with E-state index in [1.54, 1.807) is 6.92 Å². The van der Waals surface area contributed by atoms with Gasteiger partial charge in [-0.15, -0.1) is 10.2 Å². The lowest BCUT2D eigenvalue weighted by atomic mass is 10.0. The van der Waals surface area contributed by atoms with E-state index in [1.807, 2.05) is 6.92 Å². The number of hydrogen-bond acceptors (Lipinski definition) is 6. The van der Waals surface area contributed by atoms with Crippen LogP contribution < -0.4 is 11.2 Å². The summed E-state index contributed by atoms with van der Waals surface area (Å²) >= 11 is 0. The van der Waals surface area contributed by atoms with Crippen LogP contribution in [0.15, 0.2) is 27.8 Å². The number of rotatable bonds is 8. The Morgan fingerprint density at radius 2 is 1.71 bits per heavy atom. The highest BCUT2D eigenvalue weighted by Crippen LogP contribution is 2.37. The first-order valence-corrected chi connectivity index (χ1v) is 11.5. The van der Waals surface area contributed by atoms with Crippen LogP contribution in [0.2, 0.25) is 0 Å². The van der Waals surface area contributed by atoms with Crippen molar-refractivity contribution in [2.24, 2.45) is 0 Å². The molecule has 0 aliphatic carbocycles. The second-order valence-electron chi connectivity index (χ2n) is 8.61. The second-order valence-corrected chi connectivity index (χ2v) is 8.61. The van der Waals surface area contributed by atoms with E-state index in [9.17, 15) is 35.9 Å². The highest BCUT2D eigenvalue weighted by molar-refractivity contribution is 5.69. The van der Waals surface area contributed by atoms with Gasteiger partial charge in [-0.3, -0.25) is 13.9 Å². The average molecular weight is 544 g/mol. The van der Waals surface area contributed by atoms with Crippen molar-refractivity contribution < 1.29 is 26.3 Å². The summed E-state index contributed by atoms with van der Waals surface area (Å²) < 4.78 is 81.6. The molecule has 0 bridgehead atoms. The van der Waals surface area contributed by atoms with Crippen LogP contribution in [0.5, 0.6) is 0 Å². The molecule has 0 fully saturated rings. The number of aryl methyl sites for hydroxylation is 3. The molecular formula is C22H22F6N8O2. The third-order valence-corrected chi connectivity index (χ3v) is 5.75. The van der Waals surface area contributed by atoms with Crippen LogP contribution in [0, 0.1) is 6.92 Å². The van der Waals surface area contributed by atoms with Crippen molar-refractivity contribution in [3.63, 3.8) is 0 Å². The van der Waals surface area contributed by atoms with Crippen molar-refractivity contribution in [2.75, 3.05) is 0 Å². The maximum Gasteiger partial charge on any atom is 0.416 e. The maximum absolute atomic E-state index is 13.3. The molecule has 0 saturated heterocycles. The van der Waals surface area contributed by atoms with Crippen LogP contribution >= 0.6 is 0 Å². The number of nitrogens with one attached hydrogen (secondary N) is 1. The van der Waals surface area contributed by atoms with Crippen molar-refractivity contribution in [3.8, 4) is 0 Å². The number of imidazole rings is 1. The van der Waals surface area contributed by atoms with Crippen molar-refractivity contribution in [3.05, 3.63) is 67.4 Å². The molecule has 1 aromatic carbocycles. The molecule has 0 aliphatic rings. The van der Waals surface area contributed by atoms with Crippen LogP contribution in [0.25, 0.3) is 11.2 Å². The lowest BCUT2D eigenvalue weighted by Gasteiger charge is -2.14. The molecule has 0 amide bonds. The number of alkyl halides is 6. The van der Waals surface area contributed by atoms with Crippen LogP contribution in [0.1, 0.15) is 48.1 Å². The largest absolute Gasteiger partial charge is 0.416 e. The standard InChI is InChI=1S/C22H22F6N8O2/c1-3-7-34-18-17(29-12(2)30-18)19(37)35(20(34)38)8-4-9-36-32-16(31-33-36)11-13-10-14(21(23,24)25)5-6-15(13)22(26,27)28/h5-6,10H,3-4,7-9,11H2,1-2H3,(H,29,30). The zero-order valence-corrected chi connectivity index (χ0v) is 20.2. The van der Waals surface area contributed by atoms with Gasteiger partial charge in [-0.2, -0.15) is 31.1 Å². The third-order valence-electron chi connectivity index (χ3n) is 5.75. The number of H-pyrrole nitrogens is 1. The summed E-state index contributed by atoms with van der Waals surface area (Å²) in [5, 5.41) is 11.3. The average Bonchev–Trinajstić information content (AvgIpc) is 3.43. The molecule has 0 radical (unpaired) electrons. The fraction of sp³-hybridized carbons (Fsp3) is 0.455. The minimum absolute atomic E-state index is 0.0158. The summed E-state index contributed by atoms with van der Waals surface area (Å²) in [7, 11) is 0. The Balaban J connectivity index is 1.52. The predicted molar refractivity (Wildman–Crippen MR) is 121 cm³/mol. The summed E-state index contributed by atoms with van der Waals surface area (Å²) in [4.78, 5) is 33.9. The number of tetrazole rings is 1. The second kappa shape index (κ2) is 10.1. The Bertz CT molecular complexity index is 1580. The fourth-order valence-electron chi connectivity index (χ4n) is 4.08. The SMILES string of the molecule is CCCn1c(=O)n(CCCn2nnc(Cc3cc(C(F)(F)F)ccc3C(F)(F)F)n2)c(=O)c2[nH]c(C)nc21. The molecule has 10 nitrogen and oxygen atoms in total. The Kier molecular flexibility index (Phi) is 7.16. The molecule has 3 aromatic heterocycles. The molecule has 1 N–H and O–H groups in total. The number of nitrogens with zero attached hydrogens (tertiary/aromatic N) is 7. The molecule has 0 aliphatic heterocycles. The van der Waals surface area contributed by atoms with Gasteiger partial charge < -0.3 is 4.98 Å². The van der Waals surface area contributed by atoms with E-state index in [1.165, 1.54) is 4.57 Å². The highest BCUT2D eigenvalue weighted by atomic mass is 19.4.